The van der Waals surface area contributed by atoms with Gasteiger partial charge in [0.25, 0.3) is 5.91 Å². The second-order valence-corrected chi connectivity index (χ2v) is 5.95. The molecule has 0 saturated carbocycles. The molecule has 0 aliphatic carbocycles. The van der Waals surface area contributed by atoms with E-state index in [4.69, 9.17) is 0 Å². The summed E-state index contributed by atoms with van der Waals surface area (Å²) in [6.07, 6.45) is 4.22. The maximum atomic E-state index is 12.8. The zero-order chi connectivity index (χ0) is 17.6. The van der Waals surface area contributed by atoms with E-state index in [1.54, 1.807) is 22.2 Å². The van der Waals surface area contributed by atoms with Crippen LogP contribution in [0.1, 0.15) is 17.3 Å². The first-order chi connectivity index (χ1) is 12.2. The van der Waals surface area contributed by atoms with Gasteiger partial charge in [-0.3, -0.25) is 14.6 Å². The van der Waals surface area contributed by atoms with Crippen molar-refractivity contribution in [1.82, 2.24) is 14.8 Å². The number of rotatable bonds is 5. The van der Waals surface area contributed by atoms with E-state index in [1.165, 1.54) is 0 Å². The van der Waals surface area contributed by atoms with Crippen molar-refractivity contribution < 1.29 is 9.59 Å². The van der Waals surface area contributed by atoms with Crippen molar-refractivity contribution in [1.29, 1.82) is 0 Å². The van der Waals surface area contributed by atoms with Gasteiger partial charge in [0.1, 0.15) is 0 Å². The first-order valence-electron chi connectivity index (χ1n) is 8.49. The SMILES string of the molecule is CCN(c1ccccc1)c1cncc(C(=O)N2CCN(C=O)CC2)c1. The monoisotopic (exact) mass is 338 g/mol. The fraction of sp³-hybridized carbons (Fsp3) is 0.316. The molecule has 2 heterocycles. The molecule has 25 heavy (non-hydrogen) atoms. The van der Waals surface area contributed by atoms with Gasteiger partial charge in [0.15, 0.2) is 0 Å². The van der Waals surface area contributed by atoms with Crippen LogP contribution < -0.4 is 4.90 Å². The predicted octanol–water partition coefficient (Wildman–Crippen LogP) is 2.15. The normalized spacial score (nSPS) is 14.3. The molecule has 6 nitrogen and oxygen atoms in total. The average Bonchev–Trinajstić information content (AvgIpc) is 2.69. The molecular formula is C19H22N4O2. The third-order valence-corrected chi connectivity index (χ3v) is 4.42. The standard InChI is InChI=1S/C19H22N4O2/c1-2-23(17-6-4-3-5-7-17)18-12-16(13-20-14-18)19(25)22-10-8-21(15-24)9-11-22/h3-7,12-15H,2,8-11H2,1H3. The molecule has 1 saturated heterocycles. The number of anilines is 2. The Bertz CT molecular complexity index is 727. The van der Waals surface area contributed by atoms with Crippen LogP contribution in [-0.2, 0) is 4.79 Å². The molecule has 0 atom stereocenters. The van der Waals surface area contributed by atoms with Crippen molar-refractivity contribution in [2.24, 2.45) is 0 Å². The van der Waals surface area contributed by atoms with Crippen molar-refractivity contribution >= 4 is 23.7 Å². The largest absolute Gasteiger partial charge is 0.342 e. The highest BCUT2D eigenvalue weighted by Crippen LogP contribution is 2.25. The lowest BCUT2D eigenvalue weighted by molar-refractivity contribution is -0.119. The van der Waals surface area contributed by atoms with E-state index < -0.39 is 0 Å². The van der Waals surface area contributed by atoms with E-state index in [0.29, 0.717) is 31.7 Å². The summed E-state index contributed by atoms with van der Waals surface area (Å²) in [7, 11) is 0. The molecule has 6 heteroatoms. The van der Waals surface area contributed by atoms with Crippen molar-refractivity contribution in [3.8, 4) is 0 Å². The Morgan fingerprint density at radius 2 is 1.84 bits per heavy atom. The minimum atomic E-state index is -0.0380. The van der Waals surface area contributed by atoms with Gasteiger partial charge < -0.3 is 14.7 Å². The van der Waals surface area contributed by atoms with Crippen molar-refractivity contribution in [3.63, 3.8) is 0 Å². The Kier molecular flexibility index (Phi) is 5.28. The van der Waals surface area contributed by atoms with Crippen LogP contribution in [-0.4, -0.2) is 59.8 Å². The van der Waals surface area contributed by atoms with Crippen molar-refractivity contribution in [2.75, 3.05) is 37.6 Å². The number of carbonyl (C=O) groups is 2. The van der Waals surface area contributed by atoms with Crippen LogP contribution in [0, 0.1) is 0 Å². The molecule has 1 aromatic heterocycles. The number of hydrogen-bond acceptors (Lipinski definition) is 4. The van der Waals surface area contributed by atoms with Crippen LogP contribution in [0.5, 0.6) is 0 Å². The molecule has 0 radical (unpaired) electrons. The molecule has 0 unspecified atom stereocenters. The Morgan fingerprint density at radius 1 is 1.12 bits per heavy atom. The number of aromatic nitrogens is 1. The van der Waals surface area contributed by atoms with Gasteiger partial charge in [0.05, 0.1) is 17.4 Å². The van der Waals surface area contributed by atoms with Gasteiger partial charge in [-0.2, -0.15) is 0 Å². The predicted molar refractivity (Wildman–Crippen MR) is 96.9 cm³/mol. The lowest BCUT2D eigenvalue weighted by Crippen LogP contribution is -2.48. The minimum Gasteiger partial charge on any atom is -0.342 e. The average molecular weight is 338 g/mol. The van der Waals surface area contributed by atoms with Crippen LogP contribution in [0.4, 0.5) is 11.4 Å². The third-order valence-electron chi connectivity index (χ3n) is 4.42. The number of pyridine rings is 1. The second-order valence-electron chi connectivity index (χ2n) is 5.95. The van der Waals surface area contributed by atoms with Crippen LogP contribution in [0.3, 0.4) is 0 Å². The molecule has 130 valence electrons. The molecule has 1 fully saturated rings. The quantitative estimate of drug-likeness (QED) is 0.784. The van der Waals surface area contributed by atoms with Gasteiger partial charge >= 0.3 is 0 Å². The van der Waals surface area contributed by atoms with Gasteiger partial charge in [-0.25, -0.2) is 0 Å². The molecule has 0 spiro atoms. The summed E-state index contributed by atoms with van der Waals surface area (Å²) in [6.45, 7) is 5.11. The molecular weight excluding hydrogens is 316 g/mol. The first kappa shape index (κ1) is 17.0. The fourth-order valence-electron chi connectivity index (χ4n) is 3.03. The van der Waals surface area contributed by atoms with E-state index in [0.717, 1.165) is 24.3 Å². The van der Waals surface area contributed by atoms with Crippen molar-refractivity contribution in [3.05, 3.63) is 54.4 Å². The molecule has 1 aliphatic rings. The van der Waals surface area contributed by atoms with Crippen LogP contribution >= 0.6 is 0 Å². The van der Waals surface area contributed by atoms with Crippen LogP contribution in [0.2, 0.25) is 0 Å². The summed E-state index contributed by atoms with van der Waals surface area (Å²) in [5.41, 5.74) is 2.54. The Hall–Kier alpha value is -2.89. The molecule has 3 rings (SSSR count). The van der Waals surface area contributed by atoms with Gasteiger partial charge in [-0.1, -0.05) is 18.2 Å². The molecule has 1 aromatic carbocycles. The lowest BCUT2D eigenvalue weighted by atomic mass is 10.2. The van der Waals surface area contributed by atoms with E-state index in [2.05, 4.69) is 16.8 Å². The second kappa shape index (κ2) is 7.79. The number of benzene rings is 1. The number of nitrogens with zero attached hydrogens (tertiary/aromatic N) is 4. The highest BCUT2D eigenvalue weighted by atomic mass is 16.2. The van der Waals surface area contributed by atoms with Crippen LogP contribution in [0.25, 0.3) is 0 Å². The van der Waals surface area contributed by atoms with E-state index >= 15 is 0 Å². The van der Waals surface area contributed by atoms with E-state index in [-0.39, 0.29) is 5.91 Å². The summed E-state index contributed by atoms with van der Waals surface area (Å²) in [6, 6.07) is 11.9. The maximum absolute atomic E-state index is 12.8. The van der Waals surface area contributed by atoms with Crippen molar-refractivity contribution in [2.45, 2.75) is 6.92 Å². The zero-order valence-electron chi connectivity index (χ0n) is 14.3. The Balaban J connectivity index is 1.79. The highest BCUT2D eigenvalue weighted by Gasteiger charge is 2.22. The smallest absolute Gasteiger partial charge is 0.255 e. The summed E-state index contributed by atoms with van der Waals surface area (Å²) in [4.78, 5) is 33.4. The number of piperazine rings is 1. The topological polar surface area (TPSA) is 56.8 Å². The van der Waals surface area contributed by atoms with Crippen LogP contribution in [0.15, 0.2) is 48.8 Å². The Morgan fingerprint density at radius 3 is 2.48 bits per heavy atom. The van der Waals surface area contributed by atoms with Gasteiger partial charge in [0, 0.05) is 44.6 Å². The van der Waals surface area contributed by atoms with Gasteiger partial charge in [0.2, 0.25) is 6.41 Å². The Labute approximate surface area is 147 Å². The number of para-hydroxylation sites is 1. The highest BCUT2D eigenvalue weighted by molar-refractivity contribution is 5.95. The summed E-state index contributed by atoms with van der Waals surface area (Å²) in [5.74, 6) is -0.0380. The molecule has 1 aliphatic heterocycles. The molecule has 2 aromatic rings. The zero-order valence-corrected chi connectivity index (χ0v) is 14.3. The van der Waals surface area contributed by atoms with Gasteiger partial charge in [-0.15, -0.1) is 0 Å². The number of carbonyl (C=O) groups excluding carboxylic acids is 2. The minimum absolute atomic E-state index is 0.0380. The molecule has 0 N–H and O–H groups in total. The molecule has 2 amide bonds. The summed E-state index contributed by atoms with van der Waals surface area (Å²) >= 11 is 0. The van der Waals surface area contributed by atoms with Gasteiger partial charge in [-0.05, 0) is 25.1 Å². The maximum Gasteiger partial charge on any atom is 0.255 e. The third kappa shape index (κ3) is 3.79. The molecule has 0 bridgehead atoms. The van der Waals surface area contributed by atoms with E-state index in [1.807, 2.05) is 36.4 Å². The number of amides is 2. The lowest BCUT2D eigenvalue weighted by Gasteiger charge is -2.32. The van der Waals surface area contributed by atoms with E-state index in [9.17, 15) is 9.59 Å². The fourth-order valence-corrected chi connectivity index (χ4v) is 3.03. The first-order valence-corrected chi connectivity index (χ1v) is 8.49. The summed E-state index contributed by atoms with van der Waals surface area (Å²) < 4.78 is 0. The number of hydrogen-bond donors (Lipinski definition) is 0. The summed E-state index contributed by atoms with van der Waals surface area (Å²) in [5, 5.41) is 0.